The van der Waals surface area contributed by atoms with Crippen LogP contribution >= 0.6 is 0 Å². The predicted molar refractivity (Wildman–Crippen MR) is 66.8 cm³/mol. The van der Waals surface area contributed by atoms with Crippen LogP contribution in [-0.4, -0.2) is 35.6 Å². The third-order valence-corrected chi connectivity index (χ3v) is 3.95. The standard InChI is InChI=1S/C10H16N4O2S/c1-4-6-14(7-5-2)17(15,16)9-8-13(3)12-10(9)11/h4-5,8H,1-2,6-7H2,3H3,(H2,11,12). The minimum absolute atomic E-state index is 0.00343. The smallest absolute Gasteiger partial charge is 0.248 e. The van der Waals surface area contributed by atoms with Crippen molar-refractivity contribution in [2.75, 3.05) is 18.8 Å². The molecule has 1 heterocycles. The zero-order chi connectivity index (χ0) is 13.1. The number of hydrogen-bond acceptors (Lipinski definition) is 4. The molecule has 7 heteroatoms. The van der Waals surface area contributed by atoms with Crippen LogP contribution in [0.25, 0.3) is 0 Å². The highest BCUT2D eigenvalue weighted by atomic mass is 32.2. The highest BCUT2D eigenvalue weighted by Crippen LogP contribution is 2.20. The fourth-order valence-electron chi connectivity index (χ4n) is 1.38. The van der Waals surface area contributed by atoms with E-state index in [1.54, 1.807) is 7.05 Å². The van der Waals surface area contributed by atoms with E-state index in [4.69, 9.17) is 5.73 Å². The number of sulfonamides is 1. The Hall–Kier alpha value is -1.60. The van der Waals surface area contributed by atoms with Crippen LogP contribution in [-0.2, 0) is 17.1 Å². The highest BCUT2D eigenvalue weighted by molar-refractivity contribution is 7.89. The zero-order valence-corrected chi connectivity index (χ0v) is 10.5. The summed E-state index contributed by atoms with van der Waals surface area (Å²) >= 11 is 0. The summed E-state index contributed by atoms with van der Waals surface area (Å²) in [6, 6.07) is 0. The number of rotatable bonds is 6. The molecule has 94 valence electrons. The number of anilines is 1. The fraction of sp³-hybridized carbons (Fsp3) is 0.300. The van der Waals surface area contributed by atoms with Crippen LogP contribution in [0.1, 0.15) is 0 Å². The molecule has 2 N–H and O–H groups in total. The third-order valence-electron chi connectivity index (χ3n) is 2.11. The summed E-state index contributed by atoms with van der Waals surface area (Å²) in [6.07, 6.45) is 4.39. The normalized spacial score (nSPS) is 11.6. The largest absolute Gasteiger partial charge is 0.381 e. The van der Waals surface area contributed by atoms with Crippen molar-refractivity contribution in [2.45, 2.75) is 4.90 Å². The molecule has 0 saturated heterocycles. The number of hydrogen-bond donors (Lipinski definition) is 1. The predicted octanol–water partition coefficient (Wildman–Crippen LogP) is 0.365. The maximum Gasteiger partial charge on any atom is 0.248 e. The van der Waals surface area contributed by atoms with Gasteiger partial charge in [-0.3, -0.25) is 4.68 Å². The van der Waals surface area contributed by atoms with Gasteiger partial charge in [0.1, 0.15) is 4.90 Å². The Bertz CT molecular complexity index is 508. The van der Waals surface area contributed by atoms with Gasteiger partial charge in [-0.25, -0.2) is 8.42 Å². The van der Waals surface area contributed by atoms with Crippen molar-refractivity contribution in [3.05, 3.63) is 31.5 Å². The average molecular weight is 256 g/mol. The minimum atomic E-state index is -3.65. The zero-order valence-electron chi connectivity index (χ0n) is 9.70. The second kappa shape index (κ2) is 5.15. The Kier molecular flexibility index (Phi) is 4.08. The molecule has 0 radical (unpaired) electrons. The van der Waals surface area contributed by atoms with Gasteiger partial charge in [0.2, 0.25) is 10.0 Å². The van der Waals surface area contributed by atoms with Gasteiger partial charge in [-0.05, 0) is 0 Å². The SMILES string of the molecule is C=CCN(CC=C)S(=O)(=O)c1cn(C)nc1N. The van der Waals surface area contributed by atoms with E-state index in [1.165, 1.54) is 27.3 Å². The Morgan fingerprint density at radius 3 is 2.35 bits per heavy atom. The lowest BCUT2D eigenvalue weighted by Crippen LogP contribution is -2.31. The van der Waals surface area contributed by atoms with Crippen molar-refractivity contribution < 1.29 is 8.42 Å². The maximum absolute atomic E-state index is 12.2. The van der Waals surface area contributed by atoms with Crippen molar-refractivity contribution in [2.24, 2.45) is 7.05 Å². The van der Waals surface area contributed by atoms with E-state index in [9.17, 15) is 8.42 Å². The molecule has 0 spiro atoms. The van der Waals surface area contributed by atoms with E-state index in [0.29, 0.717) is 0 Å². The Balaban J connectivity index is 3.19. The van der Waals surface area contributed by atoms with Gasteiger partial charge in [-0.1, -0.05) is 12.2 Å². The highest BCUT2D eigenvalue weighted by Gasteiger charge is 2.26. The van der Waals surface area contributed by atoms with Crippen LogP contribution < -0.4 is 5.73 Å². The Morgan fingerprint density at radius 1 is 1.47 bits per heavy atom. The van der Waals surface area contributed by atoms with Crippen LogP contribution in [0.15, 0.2) is 36.4 Å². The molecule has 1 aromatic rings. The molecule has 0 fully saturated rings. The molecule has 1 rings (SSSR count). The van der Waals surface area contributed by atoms with E-state index in [1.807, 2.05) is 0 Å². The molecule has 0 aliphatic carbocycles. The quantitative estimate of drug-likeness (QED) is 0.745. The minimum Gasteiger partial charge on any atom is -0.381 e. The third kappa shape index (κ3) is 2.75. The Morgan fingerprint density at radius 2 is 2.00 bits per heavy atom. The van der Waals surface area contributed by atoms with Crippen LogP contribution in [0.3, 0.4) is 0 Å². The van der Waals surface area contributed by atoms with Gasteiger partial charge in [0.05, 0.1) is 0 Å². The van der Waals surface area contributed by atoms with E-state index in [0.717, 1.165) is 0 Å². The van der Waals surface area contributed by atoms with E-state index < -0.39 is 10.0 Å². The number of nitrogens with zero attached hydrogens (tertiary/aromatic N) is 3. The number of aryl methyl sites for hydroxylation is 1. The monoisotopic (exact) mass is 256 g/mol. The summed E-state index contributed by atoms with van der Waals surface area (Å²) in [5.41, 5.74) is 5.57. The second-order valence-corrected chi connectivity index (χ2v) is 5.36. The first-order valence-electron chi connectivity index (χ1n) is 4.94. The number of aromatic nitrogens is 2. The maximum atomic E-state index is 12.2. The molecule has 0 aromatic carbocycles. The lowest BCUT2D eigenvalue weighted by Gasteiger charge is -2.17. The molecular formula is C10H16N4O2S. The van der Waals surface area contributed by atoms with Crippen molar-refractivity contribution in [3.63, 3.8) is 0 Å². The van der Waals surface area contributed by atoms with Gasteiger partial charge >= 0.3 is 0 Å². The van der Waals surface area contributed by atoms with Gasteiger partial charge in [-0.15, -0.1) is 13.2 Å². The number of nitrogens with two attached hydrogens (primary N) is 1. The molecule has 0 saturated carbocycles. The summed E-state index contributed by atoms with van der Waals surface area (Å²) < 4.78 is 27.1. The van der Waals surface area contributed by atoms with Crippen molar-refractivity contribution >= 4 is 15.8 Å². The van der Waals surface area contributed by atoms with Crippen LogP contribution in [0.4, 0.5) is 5.82 Å². The van der Waals surface area contributed by atoms with Crippen LogP contribution in [0.2, 0.25) is 0 Å². The molecule has 0 aliphatic rings. The molecule has 1 aromatic heterocycles. The second-order valence-electron chi connectivity index (χ2n) is 3.45. The topological polar surface area (TPSA) is 81.2 Å². The fourth-order valence-corrected chi connectivity index (χ4v) is 2.85. The molecule has 0 unspecified atom stereocenters. The van der Waals surface area contributed by atoms with Gasteiger partial charge < -0.3 is 5.73 Å². The van der Waals surface area contributed by atoms with Crippen LogP contribution in [0.5, 0.6) is 0 Å². The Labute approximate surface area is 101 Å². The lowest BCUT2D eigenvalue weighted by atomic mass is 10.5. The van der Waals surface area contributed by atoms with E-state index >= 15 is 0 Å². The summed E-state index contributed by atoms with van der Waals surface area (Å²) in [6.45, 7) is 7.44. The van der Waals surface area contributed by atoms with Crippen LogP contribution in [0, 0.1) is 0 Å². The molecule has 6 nitrogen and oxygen atoms in total. The first-order chi connectivity index (χ1) is 7.93. The molecule has 0 aliphatic heterocycles. The van der Waals surface area contributed by atoms with Crippen molar-refractivity contribution in [1.29, 1.82) is 0 Å². The van der Waals surface area contributed by atoms with Crippen molar-refractivity contribution in [1.82, 2.24) is 14.1 Å². The van der Waals surface area contributed by atoms with Gasteiger partial charge in [-0.2, -0.15) is 9.40 Å². The summed E-state index contributed by atoms with van der Waals surface area (Å²) in [5, 5.41) is 3.82. The van der Waals surface area contributed by atoms with Gasteiger partial charge in [0, 0.05) is 26.3 Å². The van der Waals surface area contributed by atoms with E-state index in [-0.39, 0.29) is 23.8 Å². The first kappa shape index (κ1) is 13.5. The molecule has 0 atom stereocenters. The average Bonchev–Trinajstić information content (AvgIpc) is 2.58. The molecule has 0 amide bonds. The van der Waals surface area contributed by atoms with E-state index in [2.05, 4.69) is 18.3 Å². The van der Waals surface area contributed by atoms with Gasteiger partial charge in [0.25, 0.3) is 0 Å². The number of nitrogen functional groups attached to an aromatic ring is 1. The summed E-state index contributed by atoms with van der Waals surface area (Å²) in [7, 11) is -2.04. The summed E-state index contributed by atoms with van der Waals surface area (Å²) in [4.78, 5) is 0.00343. The lowest BCUT2D eigenvalue weighted by molar-refractivity contribution is 0.474. The molecule has 0 bridgehead atoms. The first-order valence-corrected chi connectivity index (χ1v) is 6.38. The molecule has 17 heavy (non-hydrogen) atoms. The van der Waals surface area contributed by atoms with Gasteiger partial charge in [0.15, 0.2) is 5.82 Å². The summed E-state index contributed by atoms with van der Waals surface area (Å²) in [5.74, 6) is -0.00868. The van der Waals surface area contributed by atoms with Crippen molar-refractivity contribution in [3.8, 4) is 0 Å². The molecular weight excluding hydrogens is 240 g/mol.